The van der Waals surface area contributed by atoms with Crippen LogP contribution in [0.3, 0.4) is 0 Å². The highest BCUT2D eigenvalue weighted by atomic mass is 35.5. The number of benzene rings is 1. The Hall–Kier alpha value is -0.360. The molecule has 3 nitrogen and oxygen atoms in total. The number of carbonyl (C=O) groups excluding carboxylic acids is 1. The summed E-state index contributed by atoms with van der Waals surface area (Å²) in [6.45, 7) is 1.41. The van der Waals surface area contributed by atoms with Crippen LogP contribution in [0.4, 0.5) is 0 Å². The van der Waals surface area contributed by atoms with Gasteiger partial charge in [-0.2, -0.15) is 0 Å². The van der Waals surface area contributed by atoms with Crippen LogP contribution in [0.5, 0.6) is 0 Å². The van der Waals surface area contributed by atoms with E-state index in [1.54, 1.807) is 0 Å². The summed E-state index contributed by atoms with van der Waals surface area (Å²) in [6, 6.07) is 8.44. The van der Waals surface area contributed by atoms with Crippen molar-refractivity contribution in [3.8, 4) is 0 Å². The molecule has 2 heterocycles. The lowest BCUT2D eigenvalue weighted by molar-refractivity contribution is 0.0741. The zero-order valence-corrected chi connectivity index (χ0v) is 15.0. The van der Waals surface area contributed by atoms with Gasteiger partial charge in [-0.05, 0) is 48.5 Å². The summed E-state index contributed by atoms with van der Waals surface area (Å²) < 4.78 is 0.534. The minimum absolute atomic E-state index is 0. The topological polar surface area (TPSA) is 46.3 Å². The molecule has 2 fully saturated rings. The first-order valence-corrected chi connectivity index (χ1v) is 9.73. The van der Waals surface area contributed by atoms with E-state index in [-0.39, 0.29) is 24.4 Å². The molecule has 0 saturated carbocycles. The van der Waals surface area contributed by atoms with Gasteiger partial charge >= 0.3 is 0 Å². The maximum atomic E-state index is 12.6. The highest BCUT2D eigenvalue weighted by Crippen LogP contribution is 2.43. The van der Waals surface area contributed by atoms with Crippen LogP contribution in [0, 0.1) is 0 Å². The lowest BCUT2D eigenvalue weighted by Crippen LogP contribution is -2.39. The number of amides is 1. The average molecular weight is 359 g/mol. The molecule has 1 atom stereocenters. The quantitative estimate of drug-likeness (QED) is 0.897. The van der Waals surface area contributed by atoms with E-state index < -0.39 is 0 Å². The third-order valence-corrected chi connectivity index (χ3v) is 7.18. The molecule has 1 aromatic rings. The van der Waals surface area contributed by atoms with Gasteiger partial charge in [0, 0.05) is 24.7 Å². The molecule has 2 aliphatic rings. The molecule has 0 radical (unpaired) electrons. The highest BCUT2D eigenvalue weighted by molar-refractivity contribution is 8.16. The molecule has 1 aromatic carbocycles. The average Bonchev–Trinajstić information content (AvgIpc) is 3.04. The number of hydrogen-bond donors (Lipinski definition) is 1. The van der Waals surface area contributed by atoms with E-state index in [0.29, 0.717) is 11.1 Å². The van der Waals surface area contributed by atoms with Crippen molar-refractivity contribution in [1.29, 1.82) is 0 Å². The molecule has 2 saturated heterocycles. The molecule has 22 heavy (non-hydrogen) atoms. The number of rotatable bonds is 3. The van der Waals surface area contributed by atoms with Crippen LogP contribution >= 0.6 is 35.9 Å². The summed E-state index contributed by atoms with van der Waals surface area (Å²) in [5, 5.41) is 0. The summed E-state index contributed by atoms with van der Waals surface area (Å²) >= 11 is 4.02. The molecule has 0 spiro atoms. The second-order valence-electron chi connectivity index (χ2n) is 5.58. The SMILES string of the molecule is Cl.NCC1CCCN1C(=O)c1ccc(C2SCCCS2)cc1. The van der Waals surface area contributed by atoms with Crippen LogP contribution in [-0.2, 0) is 0 Å². The van der Waals surface area contributed by atoms with Crippen molar-refractivity contribution in [2.24, 2.45) is 5.73 Å². The first-order chi connectivity index (χ1) is 10.3. The zero-order chi connectivity index (χ0) is 14.7. The van der Waals surface area contributed by atoms with E-state index in [0.717, 1.165) is 24.9 Å². The van der Waals surface area contributed by atoms with Gasteiger partial charge in [0.25, 0.3) is 5.91 Å². The van der Waals surface area contributed by atoms with Gasteiger partial charge in [0.05, 0.1) is 4.58 Å². The van der Waals surface area contributed by atoms with E-state index in [9.17, 15) is 4.79 Å². The van der Waals surface area contributed by atoms with Gasteiger partial charge in [0.15, 0.2) is 0 Å². The Morgan fingerprint density at radius 1 is 1.18 bits per heavy atom. The van der Waals surface area contributed by atoms with Gasteiger partial charge in [0.2, 0.25) is 0 Å². The molecule has 0 aromatic heterocycles. The summed E-state index contributed by atoms with van der Waals surface area (Å²) in [5.41, 5.74) is 7.89. The molecule has 2 N–H and O–H groups in total. The summed E-state index contributed by atoms with van der Waals surface area (Å²) in [7, 11) is 0. The van der Waals surface area contributed by atoms with Crippen molar-refractivity contribution in [2.45, 2.75) is 29.9 Å². The van der Waals surface area contributed by atoms with E-state index in [1.807, 2.05) is 40.6 Å². The molecule has 2 aliphatic heterocycles. The highest BCUT2D eigenvalue weighted by Gasteiger charge is 2.28. The van der Waals surface area contributed by atoms with E-state index in [1.165, 1.54) is 23.5 Å². The van der Waals surface area contributed by atoms with Gasteiger partial charge in [-0.25, -0.2) is 0 Å². The Kier molecular flexibility index (Phi) is 6.93. The Balaban J connectivity index is 0.00000176. The Morgan fingerprint density at radius 3 is 2.50 bits per heavy atom. The lowest BCUT2D eigenvalue weighted by atomic mass is 10.1. The third kappa shape index (κ3) is 3.94. The van der Waals surface area contributed by atoms with E-state index in [2.05, 4.69) is 12.1 Å². The fourth-order valence-corrected chi connectivity index (χ4v) is 5.87. The van der Waals surface area contributed by atoms with Gasteiger partial charge in [-0.1, -0.05) is 12.1 Å². The first kappa shape index (κ1) is 18.0. The van der Waals surface area contributed by atoms with Crippen LogP contribution in [-0.4, -0.2) is 41.4 Å². The van der Waals surface area contributed by atoms with E-state index in [4.69, 9.17) is 5.73 Å². The molecular formula is C16H23ClN2OS2. The molecule has 6 heteroatoms. The predicted molar refractivity (Wildman–Crippen MR) is 99.1 cm³/mol. The predicted octanol–water partition coefficient (Wildman–Crippen LogP) is 3.54. The van der Waals surface area contributed by atoms with Gasteiger partial charge in [-0.3, -0.25) is 4.79 Å². The minimum Gasteiger partial charge on any atom is -0.334 e. The molecular weight excluding hydrogens is 336 g/mol. The van der Waals surface area contributed by atoms with Crippen LogP contribution in [0.15, 0.2) is 24.3 Å². The van der Waals surface area contributed by atoms with Crippen LogP contribution < -0.4 is 5.73 Å². The van der Waals surface area contributed by atoms with Crippen LogP contribution in [0.2, 0.25) is 0 Å². The number of hydrogen-bond acceptors (Lipinski definition) is 4. The van der Waals surface area contributed by atoms with Gasteiger partial charge in [0.1, 0.15) is 0 Å². The maximum absolute atomic E-state index is 12.6. The maximum Gasteiger partial charge on any atom is 0.254 e. The molecule has 1 amide bonds. The second kappa shape index (κ2) is 8.48. The summed E-state index contributed by atoms with van der Waals surface area (Å²) in [4.78, 5) is 14.5. The number of carbonyl (C=O) groups is 1. The van der Waals surface area contributed by atoms with Crippen molar-refractivity contribution in [1.82, 2.24) is 4.90 Å². The van der Waals surface area contributed by atoms with E-state index >= 15 is 0 Å². The largest absolute Gasteiger partial charge is 0.334 e. The van der Waals surface area contributed by atoms with Crippen LogP contribution in [0.25, 0.3) is 0 Å². The molecule has 3 rings (SSSR count). The number of nitrogens with two attached hydrogens (primary N) is 1. The second-order valence-corrected chi connectivity index (χ2v) is 8.30. The van der Waals surface area contributed by atoms with Crippen molar-refractivity contribution >= 4 is 41.8 Å². The third-order valence-electron chi connectivity index (χ3n) is 4.17. The van der Waals surface area contributed by atoms with Crippen molar-refractivity contribution < 1.29 is 4.79 Å². The Labute approximate surface area is 147 Å². The first-order valence-electron chi connectivity index (χ1n) is 7.64. The Bertz CT molecular complexity index is 491. The Morgan fingerprint density at radius 2 is 1.86 bits per heavy atom. The number of thioether (sulfide) groups is 2. The van der Waals surface area contributed by atoms with Crippen LogP contribution in [0.1, 0.15) is 39.8 Å². The van der Waals surface area contributed by atoms with Gasteiger partial charge < -0.3 is 10.6 Å². The molecule has 0 bridgehead atoms. The number of halogens is 1. The number of nitrogens with zero attached hydrogens (tertiary/aromatic N) is 1. The fourth-order valence-electron chi connectivity index (χ4n) is 2.98. The smallest absolute Gasteiger partial charge is 0.254 e. The summed E-state index contributed by atoms with van der Waals surface area (Å²) in [6.07, 6.45) is 3.41. The molecule has 1 unspecified atom stereocenters. The lowest BCUT2D eigenvalue weighted by Gasteiger charge is -2.24. The van der Waals surface area contributed by atoms with Crippen molar-refractivity contribution in [3.63, 3.8) is 0 Å². The normalized spacial score (nSPS) is 22.4. The van der Waals surface area contributed by atoms with Crippen molar-refractivity contribution in [3.05, 3.63) is 35.4 Å². The monoisotopic (exact) mass is 358 g/mol. The fraction of sp³-hybridized carbons (Fsp3) is 0.562. The summed E-state index contributed by atoms with van der Waals surface area (Å²) in [5.74, 6) is 2.62. The number of likely N-dealkylation sites (tertiary alicyclic amines) is 1. The van der Waals surface area contributed by atoms with Gasteiger partial charge in [-0.15, -0.1) is 35.9 Å². The molecule has 122 valence electrons. The zero-order valence-electron chi connectivity index (χ0n) is 12.6. The van der Waals surface area contributed by atoms with Crippen molar-refractivity contribution in [2.75, 3.05) is 24.6 Å². The standard InChI is InChI=1S/C16H22N2OS2.ClH/c17-11-14-3-1-8-18(14)15(19)12-4-6-13(7-5-12)16-20-9-2-10-21-16;/h4-7,14,16H,1-3,8-11,17H2;1H. The molecule has 0 aliphatic carbocycles. The minimum atomic E-state index is 0.